The van der Waals surface area contributed by atoms with E-state index < -0.39 is 0 Å². The molecule has 0 aromatic heterocycles. The summed E-state index contributed by atoms with van der Waals surface area (Å²) < 4.78 is 0. The van der Waals surface area contributed by atoms with Gasteiger partial charge in [-0.25, -0.2) is 0 Å². The number of anilines is 2. The Morgan fingerprint density at radius 2 is 1.45 bits per heavy atom. The van der Waals surface area contributed by atoms with Crippen LogP contribution in [0, 0.1) is 0 Å². The van der Waals surface area contributed by atoms with Crippen molar-refractivity contribution >= 4 is 46.3 Å². The van der Waals surface area contributed by atoms with Crippen LogP contribution in [0.3, 0.4) is 0 Å². The Morgan fingerprint density at radius 1 is 0.955 bits per heavy atom. The lowest BCUT2D eigenvalue weighted by atomic mass is 10.1. The minimum atomic E-state index is -0.333. The number of ketones is 1. The number of hydrogen-bond acceptors (Lipinski definition) is 3. The van der Waals surface area contributed by atoms with E-state index in [4.69, 9.17) is 23.2 Å². The number of amides is 1. The maximum Gasteiger partial charge on any atom is 0.214 e. The number of halogens is 2. The molecule has 3 N–H and O–H groups in total. The first-order valence-corrected chi connectivity index (χ1v) is 7.15. The van der Waals surface area contributed by atoms with E-state index in [1.165, 1.54) is 13.8 Å². The van der Waals surface area contributed by atoms with Gasteiger partial charge < -0.3 is 11.1 Å². The highest BCUT2D eigenvalue weighted by Gasteiger charge is 2.10. The van der Waals surface area contributed by atoms with Crippen molar-refractivity contribution in [1.29, 1.82) is 0 Å². The first-order valence-electron chi connectivity index (χ1n) is 6.40. The minimum absolute atomic E-state index is 0.0127. The molecule has 6 heteroatoms. The van der Waals surface area contributed by atoms with Crippen molar-refractivity contribution in [1.82, 2.24) is 0 Å². The van der Waals surface area contributed by atoms with Crippen LogP contribution in [0.25, 0.3) is 0 Å². The second-order valence-electron chi connectivity index (χ2n) is 4.43. The van der Waals surface area contributed by atoms with Crippen LogP contribution in [-0.2, 0) is 4.79 Å². The summed E-state index contributed by atoms with van der Waals surface area (Å²) >= 11 is 12.2. The van der Waals surface area contributed by atoms with E-state index >= 15 is 0 Å². The number of carbonyl (C=O) groups is 2. The van der Waals surface area contributed by atoms with Gasteiger partial charge in [0, 0.05) is 18.2 Å². The standard InChI is InChI=1S/C14H11Cl2NO.C2H5NO/c1-9(18)10-5-2-3-8-13(10)17-14-11(15)6-4-7-12(14)16;1-2(3)4/h2-8,17H,1H3;1H3,(H2,3,4). The Labute approximate surface area is 139 Å². The maximum atomic E-state index is 11.5. The van der Waals surface area contributed by atoms with Gasteiger partial charge in [0.25, 0.3) is 0 Å². The lowest BCUT2D eigenvalue weighted by Crippen LogP contribution is -2.01. The lowest BCUT2D eigenvalue weighted by Gasteiger charge is -2.12. The van der Waals surface area contributed by atoms with Gasteiger partial charge in [0.1, 0.15) is 0 Å². The molecule has 22 heavy (non-hydrogen) atoms. The van der Waals surface area contributed by atoms with Crippen LogP contribution in [0.15, 0.2) is 42.5 Å². The molecule has 116 valence electrons. The smallest absolute Gasteiger partial charge is 0.214 e. The minimum Gasteiger partial charge on any atom is -0.370 e. The summed E-state index contributed by atoms with van der Waals surface area (Å²) in [5.74, 6) is -0.346. The van der Waals surface area contributed by atoms with Crippen LogP contribution in [0.5, 0.6) is 0 Å². The molecule has 0 bridgehead atoms. The molecule has 0 heterocycles. The van der Waals surface area contributed by atoms with E-state index in [2.05, 4.69) is 11.1 Å². The first-order chi connectivity index (χ1) is 10.3. The number of primary amides is 1. The number of nitrogens with two attached hydrogens (primary N) is 1. The molecule has 0 aliphatic rings. The topological polar surface area (TPSA) is 72.2 Å². The van der Waals surface area contributed by atoms with E-state index in [1.54, 1.807) is 24.3 Å². The molecule has 2 rings (SSSR count). The van der Waals surface area contributed by atoms with Gasteiger partial charge in [-0.15, -0.1) is 0 Å². The fourth-order valence-electron chi connectivity index (χ4n) is 1.65. The van der Waals surface area contributed by atoms with Crippen molar-refractivity contribution in [2.45, 2.75) is 13.8 Å². The molecule has 0 aliphatic heterocycles. The summed E-state index contributed by atoms with van der Waals surface area (Å²) in [7, 11) is 0. The monoisotopic (exact) mass is 338 g/mol. The fourth-order valence-corrected chi connectivity index (χ4v) is 2.14. The van der Waals surface area contributed by atoms with Crippen molar-refractivity contribution in [3.8, 4) is 0 Å². The van der Waals surface area contributed by atoms with E-state index in [1.807, 2.05) is 18.2 Å². The van der Waals surface area contributed by atoms with Crippen LogP contribution in [0.1, 0.15) is 24.2 Å². The van der Waals surface area contributed by atoms with E-state index in [0.29, 0.717) is 27.0 Å². The molecule has 1 amide bonds. The van der Waals surface area contributed by atoms with E-state index in [9.17, 15) is 9.59 Å². The molecule has 0 spiro atoms. The molecular weight excluding hydrogens is 323 g/mol. The van der Waals surface area contributed by atoms with Gasteiger partial charge in [-0.1, -0.05) is 41.4 Å². The Morgan fingerprint density at radius 3 is 1.95 bits per heavy atom. The predicted molar refractivity (Wildman–Crippen MR) is 91.1 cm³/mol. The molecule has 0 unspecified atom stereocenters. The van der Waals surface area contributed by atoms with E-state index in [0.717, 1.165) is 0 Å². The summed E-state index contributed by atoms with van der Waals surface area (Å²) in [5.41, 5.74) is 6.38. The third-order valence-electron chi connectivity index (χ3n) is 2.53. The Balaban J connectivity index is 0.000000541. The SMILES string of the molecule is CC(=O)c1ccccc1Nc1c(Cl)cccc1Cl.CC(N)=O. The molecule has 0 saturated heterocycles. The zero-order valence-electron chi connectivity index (χ0n) is 12.2. The summed E-state index contributed by atoms with van der Waals surface area (Å²) in [6, 6.07) is 12.5. The van der Waals surface area contributed by atoms with Crippen LogP contribution in [-0.4, -0.2) is 11.7 Å². The molecule has 0 radical (unpaired) electrons. The van der Waals surface area contributed by atoms with Crippen LogP contribution in [0.2, 0.25) is 10.0 Å². The van der Waals surface area contributed by atoms with Crippen LogP contribution < -0.4 is 11.1 Å². The zero-order chi connectivity index (χ0) is 16.7. The van der Waals surface area contributed by atoms with Gasteiger partial charge >= 0.3 is 0 Å². The fraction of sp³-hybridized carbons (Fsp3) is 0.125. The molecule has 2 aromatic rings. The quantitative estimate of drug-likeness (QED) is 0.813. The highest BCUT2D eigenvalue weighted by atomic mass is 35.5. The number of benzene rings is 2. The summed E-state index contributed by atoms with van der Waals surface area (Å²) in [6.45, 7) is 2.83. The molecule has 4 nitrogen and oxygen atoms in total. The number of nitrogens with one attached hydrogen (secondary N) is 1. The van der Waals surface area contributed by atoms with Gasteiger partial charge in [-0.3, -0.25) is 9.59 Å². The predicted octanol–water partition coefficient (Wildman–Crippen LogP) is 4.43. The van der Waals surface area contributed by atoms with Crippen LogP contribution >= 0.6 is 23.2 Å². The highest BCUT2D eigenvalue weighted by Crippen LogP contribution is 2.33. The van der Waals surface area contributed by atoms with Crippen molar-refractivity contribution < 1.29 is 9.59 Å². The highest BCUT2D eigenvalue weighted by molar-refractivity contribution is 6.39. The summed E-state index contributed by atoms with van der Waals surface area (Å²) in [6.07, 6.45) is 0. The lowest BCUT2D eigenvalue weighted by molar-refractivity contribution is -0.115. The zero-order valence-corrected chi connectivity index (χ0v) is 13.7. The molecule has 0 saturated carbocycles. The van der Waals surface area contributed by atoms with Crippen molar-refractivity contribution in [3.05, 3.63) is 58.1 Å². The van der Waals surface area contributed by atoms with Crippen molar-refractivity contribution in [3.63, 3.8) is 0 Å². The average molecular weight is 339 g/mol. The van der Waals surface area contributed by atoms with Crippen LogP contribution in [0.4, 0.5) is 11.4 Å². The molecule has 0 atom stereocenters. The first kappa shape index (κ1) is 18.0. The Kier molecular flexibility index (Phi) is 6.89. The number of rotatable bonds is 3. The third kappa shape index (κ3) is 5.39. The second-order valence-corrected chi connectivity index (χ2v) is 5.25. The van der Waals surface area contributed by atoms with Gasteiger partial charge in [0.2, 0.25) is 5.91 Å². The summed E-state index contributed by atoms with van der Waals surface area (Å²) in [4.78, 5) is 20.7. The van der Waals surface area contributed by atoms with Crippen molar-refractivity contribution in [2.75, 3.05) is 5.32 Å². The van der Waals surface area contributed by atoms with Crippen molar-refractivity contribution in [2.24, 2.45) is 5.73 Å². The van der Waals surface area contributed by atoms with E-state index in [-0.39, 0.29) is 11.7 Å². The van der Waals surface area contributed by atoms with Gasteiger partial charge in [-0.2, -0.15) is 0 Å². The number of carbonyl (C=O) groups excluding carboxylic acids is 2. The summed E-state index contributed by atoms with van der Waals surface area (Å²) in [5, 5.41) is 4.14. The molecule has 0 aliphatic carbocycles. The number of hydrogen-bond donors (Lipinski definition) is 2. The Hall–Kier alpha value is -2.04. The molecule has 0 fully saturated rings. The molecule has 2 aromatic carbocycles. The Bertz CT molecular complexity index is 663. The molecular formula is C16H16Cl2N2O2. The normalized spacial score (nSPS) is 9.45. The largest absolute Gasteiger partial charge is 0.370 e. The van der Waals surface area contributed by atoms with Gasteiger partial charge in [-0.05, 0) is 31.2 Å². The van der Waals surface area contributed by atoms with Gasteiger partial charge in [0.15, 0.2) is 5.78 Å². The van der Waals surface area contributed by atoms with Gasteiger partial charge in [0.05, 0.1) is 15.7 Å². The number of para-hydroxylation sites is 2. The number of Topliss-reactive ketones (excluding diaryl/α,β-unsaturated/α-hetero) is 1. The maximum absolute atomic E-state index is 11.5. The second kappa shape index (κ2) is 8.41. The average Bonchev–Trinajstić information content (AvgIpc) is 2.43. The third-order valence-corrected chi connectivity index (χ3v) is 3.16.